The maximum absolute atomic E-state index is 17.0. The van der Waals surface area contributed by atoms with E-state index in [4.69, 9.17) is 4.84 Å². The monoisotopic (exact) mass is 423 g/mol. The Morgan fingerprint density at radius 1 is 1.33 bits per heavy atom. The molecular formula is C22H27F2NO5. The minimum absolute atomic E-state index is 0.0593. The van der Waals surface area contributed by atoms with Gasteiger partial charge in [0.1, 0.15) is 12.8 Å². The Labute approximate surface area is 173 Å². The number of aliphatic hydroxyl groups is 2. The van der Waals surface area contributed by atoms with Gasteiger partial charge in [-0.25, -0.2) is 14.3 Å². The van der Waals surface area contributed by atoms with Crippen molar-refractivity contribution in [2.75, 3.05) is 13.2 Å². The van der Waals surface area contributed by atoms with E-state index < -0.39 is 58.6 Å². The Bertz CT molecular complexity index is 891. The number of halogens is 2. The molecule has 4 fully saturated rings. The predicted octanol–water partition coefficient (Wildman–Crippen LogP) is 1.37. The van der Waals surface area contributed by atoms with Gasteiger partial charge in [-0.15, -0.1) is 0 Å². The number of alkyl halides is 2. The Morgan fingerprint density at radius 2 is 2.07 bits per heavy atom. The van der Waals surface area contributed by atoms with Crippen molar-refractivity contribution < 1.29 is 33.4 Å². The van der Waals surface area contributed by atoms with Gasteiger partial charge in [0.15, 0.2) is 22.8 Å². The summed E-state index contributed by atoms with van der Waals surface area (Å²) in [6.07, 6.45) is 1.00. The summed E-state index contributed by atoms with van der Waals surface area (Å²) in [4.78, 5) is 30.5. The molecule has 3 N–H and O–H groups in total. The number of hydrogen-bond acceptors (Lipinski definition) is 6. The van der Waals surface area contributed by atoms with Crippen molar-refractivity contribution in [2.24, 2.45) is 28.6 Å². The molecule has 6 nitrogen and oxygen atoms in total. The van der Waals surface area contributed by atoms with E-state index in [2.05, 4.69) is 5.48 Å². The summed E-state index contributed by atoms with van der Waals surface area (Å²) in [5.41, 5.74) is -3.14. The van der Waals surface area contributed by atoms with Gasteiger partial charge in [-0.2, -0.15) is 0 Å². The normalized spacial score (nSPS) is 54.1. The first-order valence-electron chi connectivity index (χ1n) is 10.6. The van der Waals surface area contributed by atoms with Crippen molar-refractivity contribution in [2.45, 2.75) is 56.7 Å². The Hall–Kier alpha value is -1.48. The molecule has 0 aromatic carbocycles. The maximum atomic E-state index is 17.0. The molecule has 4 aliphatic carbocycles. The lowest BCUT2D eigenvalue weighted by Gasteiger charge is -2.63. The summed E-state index contributed by atoms with van der Waals surface area (Å²) in [6.45, 7) is 3.00. The van der Waals surface area contributed by atoms with Gasteiger partial charge < -0.3 is 10.2 Å². The third kappa shape index (κ3) is 2.02. The Morgan fingerprint density at radius 3 is 2.77 bits per heavy atom. The zero-order valence-electron chi connectivity index (χ0n) is 17.0. The van der Waals surface area contributed by atoms with Crippen molar-refractivity contribution in [3.63, 3.8) is 0 Å². The third-order valence-corrected chi connectivity index (χ3v) is 9.10. The van der Waals surface area contributed by atoms with Crippen LogP contribution in [0, 0.1) is 28.6 Å². The van der Waals surface area contributed by atoms with Crippen LogP contribution in [0.2, 0.25) is 0 Å². The number of fused-ring (bicyclic) bond motifs is 7. The summed E-state index contributed by atoms with van der Waals surface area (Å²) in [5.74, 6) is -2.46. The van der Waals surface area contributed by atoms with E-state index in [1.165, 1.54) is 12.2 Å². The number of ketones is 2. The number of hydrogen-bond donors (Lipinski definition) is 3. The van der Waals surface area contributed by atoms with E-state index >= 15 is 8.78 Å². The lowest BCUT2D eigenvalue weighted by molar-refractivity contribution is -0.233. The summed E-state index contributed by atoms with van der Waals surface area (Å²) in [5, 5.41) is 20.9. The van der Waals surface area contributed by atoms with Gasteiger partial charge in [0, 0.05) is 29.2 Å². The van der Waals surface area contributed by atoms with Gasteiger partial charge in [-0.05, 0) is 49.8 Å². The van der Waals surface area contributed by atoms with Crippen LogP contribution in [0.4, 0.5) is 8.78 Å². The zero-order chi connectivity index (χ0) is 21.7. The highest BCUT2D eigenvalue weighted by atomic mass is 19.1. The largest absolute Gasteiger partial charge is 0.390 e. The topological polar surface area (TPSA) is 95.9 Å². The molecule has 0 aromatic rings. The summed E-state index contributed by atoms with van der Waals surface area (Å²) in [6, 6.07) is 0. The van der Waals surface area contributed by atoms with Crippen LogP contribution in [0.5, 0.6) is 0 Å². The van der Waals surface area contributed by atoms with Crippen molar-refractivity contribution in [1.82, 2.24) is 5.48 Å². The standard InChI is InChI=1S/C22H27F2NO5/c1-19-4-3-12(27)6-15(19)16(23)7-14-13-5-11-9-25-30-22(11,18(29)10-26)20(13,2)8-17(28)21(14,19)24/h3-4,6,11,13-14,16-17,25-26,28H,5,7-10H2,1-2H3. The second kappa shape index (κ2) is 6.06. The number of nitrogens with one attached hydrogen (secondary N) is 1. The lowest BCUT2D eigenvalue weighted by atomic mass is 9.44. The van der Waals surface area contributed by atoms with Crippen LogP contribution in [0.25, 0.3) is 0 Å². The van der Waals surface area contributed by atoms with Crippen LogP contribution in [0.3, 0.4) is 0 Å². The molecule has 1 saturated heterocycles. The number of aliphatic hydroxyl groups excluding tert-OH is 2. The smallest absolute Gasteiger partial charge is 0.192 e. The second-order valence-electron chi connectivity index (χ2n) is 10.1. The number of carbonyl (C=O) groups is 2. The van der Waals surface area contributed by atoms with Crippen LogP contribution >= 0.6 is 0 Å². The van der Waals surface area contributed by atoms with E-state index in [1.54, 1.807) is 13.8 Å². The van der Waals surface area contributed by atoms with Gasteiger partial charge >= 0.3 is 0 Å². The molecule has 0 radical (unpaired) electrons. The molecule has 8 heteroatoms. The van der Waals surface area contributed by atoms with Crippen LogP contribution in [0.1, 0.15) is 33.1 Å². The van der Waals surface area contributed by atoms with Gasteiger partial charge in [0.25, 0.3) is 0 Å². The fourth-order valence-electron chi connectivity index (χ4n) is 7.76. The van der Waals surface area contributed by atoms with Crippen LogP contribution < -0.4 is 5.48 Å². The fraction of sp³-hybridized carbons (Fsp3) is 0.727. The molecule has 0 bridgehead atoms. The molecule has 3 saturated carbocycles. The quantitative estimate of drug-likeness (QED) is 0.621. The number of allylic oxidation sites excluding steroid dienone is 4. The van der Waals surface area contributed by atoms with Crippen molar-refractivity contribution in [1.29, 1.82) is 0 Å². The van der Waals surface area contributed by atoms with E-state index in [0.717, 1.165) is 6.08 Å². The third-order valence-electron chi connectivity index (χ3n) is 9.10. The first-order valence-corrected chi connectivity index (χ1v) is 10.6. The molecule has 1 aliphatic heterocycles. The van der Waals surface area contributed by atoms with E-state index in [-0.39, 0.29) is 30.1 Å². The van der Waals surface area contributed by atoms with Gasteiger partial charge in [0.05, 0.1) is 6.10 Å². The van der Waals surface area contributed by atoms with Crippen LogP contribution in [-0.2, 0) is 14.4 Å². The zero-order valence-corrected chi connectivity index (χ0v) is 17.0. The average molecular weight is 423 g/mol. The molecule has 5 aliphatic rings. The molecule has 1 heterocycles. The van der Waals surface area contributed by atoms with E-state index in [9.17, 15) is 19.8 Å². The molecule has 5 rings (SSSR count). The minimum Gasteiger partial charge on any atom is -0.390 e. The minimum atomic E-state index is -2.18. The van der Waals surface area contributed by atoms with E-state index in [1.807, 2.05) is 0 Å². The number of rotatable bonds is 2. The molecule has 0 spiro atoms. The predicted molar refractivity (Wildman–Crippen MR) is 101 cm³/mol. The van der Waals surface area contributed by atoms with Crippen molar-refractivity contribution in [3.8, 4) is 0 Å². The van der Waals surface area contributed by atoms with E-state index in [0.29, 0.717) is 13.0 Å². The fourth-order valence-corrected chi connectivity index (χ4v) is 7.76. The molecule has 9 atom stereocenters. The first kappa shape index (κ1) is 20.4. The molecule has 30 heavy (non-hydrogen) atoms. The van der Waals surface area contributed by atoms with Crippen LogP contribution in [0.15, 0.2) is 23.8 Å². The van der Waals surface area contributed by atoms with Crippen molar-refractivity contribution in [3.05, 3.63) is 23.8 Å². The summed E-state index contributed by atoms with van der Waals surface area (Å²) in [7, 11) is 0. The Kier molecular flexibility index (Phi) is 4.12. The van der Waals surface area contributed by atoms with Crippen molar-refractivity contribution >= 4 is 11.6 Å². The van der Waals surface area contributed by atoms with Gasteiger partial charge in [0.2, 0.25) is 0 Å². The van der Waals surface area contributed by atoms with Gasteiger partial charge in [-0.3, -0.25) is 14.4 Å². The lowest BCUT2D eigenvalue weighted by Crippen LogP contribution is -2.70. The first-order chi connectivity index (χ1) is 14.1. The number of hydroxylamine groups is 1. The number of Topliss-reactive ketones (excluding diaryl/α,β-unsaturated/α-hetero) is 1. The highest BCUT2D eigenvalue weighted by Gasteiger charge is 2.78. The molecule has 0 amide bonds. The van der Waals surface area contributed by atoms with Gasteiger partial charge in [-0.1, -0.05) is 13.0 Å². The average Bonchev–Trinajstić information content (AvgIpc) is 3.23. The molecule has 0 aromatic heterocycles. The van der Waals surface area contributed by atoms with Crippen LogP contribution in [-0.4, -0.2) is 58.5 Å². The maximum Gasteiger partial charge on any atom is 0.192 e. The summed E-state index contributed by atoms with van der Waals surface area (Å²) < 4.78 is 32.4. The number of carbonyl (C=O) groups excluding carboxylic acids is 2. The molecule has 164 valence electrons. The Balaban J connectivity index is 1.66. The highest BCUT2D eigenvalue weighted by Crippen LogP contribution is 2.72. The SMILES string of the molecule is CC12C=CC(=O)C=C1C(F)CC1C3CC4CNOC4(C(=O)CO)C3(C)CC(O)C12F. The second-order valence-corrected chi connectivity index (χ2v) is 10.1. The molecule has 9 unspecified atom stereocenters. The highest BCUT2D eigenvalue weighted by molar-refractivity contribution is 6.01. The molecular weight excluding hydrogens is 396 g/mol. The summed E-state index contributed by atoms with van der Waals surface area (Å²) >= 11 is 0.